The number of halogens is 2. The van der Waals surface area contributed by atoms with Crippen LogP contribution in [0.15, 0.2) is 53.2 Å². The van der Waals surface area contributed by atoms with E-state index in [0.717, 1.165) is 20.3 Å². The Bertz CT molecular complexity index is 1060. The third kappa shape index (κ3) is 5.00. The van der Waals surface area contributed by atoms with Crippen LogP contribution in [-0.2, 0) is 9.53 Å². The molecule has 2 aromatic rings. The van der Waals surface area contributed by atoms with Crippen LogP contribution in [-0.4, -0.2) is 25.6 Å². The number of carbonyl (C=O) groups is 1. The van der Waals surface area contributed by atoms with Gasteiger partial charge >= 0.3 is 5.97 Å². The van der Waals surface area contributed by atoms with Gasteiger partial charge in [-0.3, -0.25) is 0 Å². The highest BCUT2D eigenvalue weighted by atomic mass is 127. The normalized spacial score (nSPS) is 14.6. The van der Waals surface area contributed by atoms with Crippen LogP contribution in [0.25, 0.3) is 6.08 Å². The molecule has 1 heterocycles. The summed E-state index contributed by atoms with van der Waals surface area (Å²) in [6.07, 6.45) is 1.60. The fraction of sp³-hybridized carbons (Fsp3) is 0.182. The Balaban J connectivity index is 1.93. The average molecular weight is 524 g/mol. The summed E-state index contributed by atoms with van der Waals surface area (Å²) in [7, 11) is 1.52. The van der Waals surface area contributed by atoms with Gasteiger partial charge in [0.15, 0.2) is 17.2 Å². The van der Waals surface area contributed by atoms with Crippen molar-refractivity contribution in [1.82, 2.24) is 0 Å². The van der Waals surface area contributed by atoms with Crippen LogP contribution in [0.3, 0.4) is 0 Å². The molecule has 0 bridgehead atoms. The molecule has 7 heteroatoms. The van der Waals surface area contributed by atoms with Crippen LogP contribution in [0.2, 0.25) is 5.02 Å². The van der Waals surface area contributed by atoms with E-state index in [1.165, 1.54) is 7.11 Å². The van der Waals surface area contributed by atoms with E-state index in [2.05, 4.69) is 34.2 Å². The molecule has 0 unspecified atom stereocenters. The molecule has 0 saturated carbocycles. The summed E-state index contributed by atoms with van der Waals surface area (Å²) in [4.78, 5) is 16.6. The Morgan fingerprint density at radius 2 is 2.10 bits per heavy atom. The van der Waals surface area contributed by atoms with Crippen molar-refractivity contribution in [3.05, 3.63) is 73.5 Å². The quantitative estimate of drug-likeness (QED) is 0.215. The number of aryl methyl sites for hydroxylation is 1. The number of nitrogens with zero attached hydrogens (tertiary/aromatic N) is 1. The molecule has 3 rings (SSSR count). The molecule has 150 valence electrons. The lowest BCUT2D eigenvalue weighted by atomic mass is 10.1. The minimum Gasteiger partial charge on any atom is -0.493 e. The van der Waals surface area contributed by atoms with E-state index in [0.29, 0.717) is 28.7 Å². The fourth-order valence-corrected chi connectivity index (χ4v) is 3.24. The molecular weight excluding hydrogens is 505 g/mol. The van der Waals surface area contributed by atoms with E-state index in [1.54, 1.807) is 18.2 Å². The van der Waals surface area contributed by atoms with Crippen LogP contribution in [0.1, 0.15) is 23.6 Å². The predicted molar refractivity (Wildman–Crippen MR) is 123 cm³/mol. The van der Waals surface area contributed by atoms with Crippen molar-refractivity contribution >= 4 is 52.1 Å². The second-order valence-corrected chi connectivity index (χ2v) is 8.15. The van der Waals surface area contributed by atoms with Gasteiger partial charge in [0.1, 0.15) is 6.61 Å². The lowest BCUT2D eigenvalue weighted by molar-refractivity contribution is -0.129. The zero-order chi connectivity index (χ0) is 21.1. The maximum atomic E-state index is 12.3. The first-order valence-electron chi connectivity index (χ1n) is 8.72. The molecule has 0 N–H and O–H groups in total. The molecule has 0 saturated heterocycles. The van der Waals surface area contributed by atoms with E-state index < -0.39 is 5.97 Å². The van der Waals surface area contributed by atoms with Crippen molar-refractivity contribution in [2.75, 3.05) is 13.7 Å². The van der Waals surface area contributed by atoms with Crippen LogP contribution in [0.5, 0.6) is 11.5 Å². The standard InChI is InChI=1S/C22H19ClINO4/c1-12(2)11-28-20-16(23)8-14(10-19(20)27-4)9-18-22(26)29-21(25-18)15-5-6-17(24)13(3)7-15/h5-10H,1,11H2,2-4H3/b18-9-. The van der Waals surface area contributed by atoms with Gasteiger partial charge < -0.3 is 14.2 Å². The SMILES string of the molecule is C=C(C)COc1c(Cl)cc(/C=C2\N=C(c3ccc(I)c(C)c3)OC2=O)cc1OC. The molecule has 0 spiro atoms. The molecule has 0 fully saturated rings. The van der Waals surface area contributed by atoms with Crippen molar-refractivity contribution in [2.24, 2.45) is 4.99 Å². The third-order valence-corrected chi connectivity index (χ3v) is 5.53. The Hall–Kier alpha value is -2.32. The Kier molecular flexibility index (Phi) is 6.64. The highest BCUT2D eigenvalue weighted by molar-refractivity contribution is 14.1. The molecule has 0 aliphatic carbocycles. The molecule has 2 aromatic carbocycles. The van der Waals surface area contributed by atoms with E-state index in [9.17, 15) is 4.79 Å². The summed E-state index contributed by atoms with van der Waals surface area (Å²) in [5.41, 5.74) is 3.52. The van der Waals surface area contributed by atoms with Gasteiger partial charge in [-0.15, -0.1) is 0 Å². The number of carbonyl (C=O) groups excluding carboxylic acids is 1. The van der Waals surface area contributed by atoms with E-state index in [-0.39, 0.29) is 11.6 Å². The number of hydrogen-bond donors (Lipinski definition) is 0. The maximum Gasteiger partial charge on any atom is 0.363 e. The smallest absolute Gasteiger partial charge is 0.363 e. The number of aliphatic imine (C=N–C) groups is 1. The lowest BCUT2D eigenvalue weighted by Crippen LogP contribution is -2.05. The molecular formula is C22H19ClINO4. The van der Waals surface area contributed by atoms with Crippen molar-refractivity contribution in [3.8, 4) is 11.5 Å². The lowest BCUT2D eigenvalue weighted by Gasteiger charge is -2.13. The van der Waals surface area contributed by atoms with Crippen molar-refractivity contribution in [2.45, 2.75) is 13.8 Å². The number of cyclic esters (lactones) is 1. The first-order chi connectivity index (χ1) is 13.8. The first-order valence-corrected chi connectivity index (χ1v) is 10.2. The largest absolute Gasteiger partial charge is 0.493 e. The van der Waals surface area contributed by atoms with Gasteiger partial charge in [0.05, 0.1) is 12.1 Å². The van der Waals surface area contributed by atoms with Crippen LogP contribution in [0.4, 0.5) is 0 Å². The van der Waals surface area contributed by atoms with Crippen molar-refractivity contribution in [3.63, 3.8) is 0 Å². The van der Waals surface area contributed by atoms with Gasteiger partial charge in [-0.25, -0.2) is 9.79 Å². The molecule has 1 aliphatic heterocycles. The van der Waals surface area contributed by atoms with Gasteiger partial charge in [0.25, 0.3) is 0 Å². The number of methoxy groups -OCH3 is 1. The fourth-order valence-electron chi connectivity index (χ4n) is 2.63. The van der Waals surface area contributed by atoms with Crippen LogP contribution >= 0.6 is 34.2 Å². The predicted octanol–water partition coefficient (Wildman–Crippen LogP) is 5.56. The average Bonchev–Trinajstić information content (AvgIpc) is 3.03. The van der Waals surface area contributed by atoms with Gasteiger partial charge in [0.2, 0.25) is 5.90 Å². The van der Waals surface area contributed by atoms with Gasteiger partial charge in [-0.2, -0.15) is 0 Å². The van der Waals surface area contributed by atoms with Crippen molar-refractivity contribution < 1.29 is 19.0 Å². The Morgan fingerprint density at radius 3 is 2.76 bits per heavy atom. The van der Waals surface area contributed by atoms with Crippen LogP contribution < -0.4 is 9.47 Å². The van der Waals surface area contributed by atoms with Gasteiger partial charge in [0, 0.05) is 9.13 Å². The summed E-state index contributed by atoms with van der Waals surface area (Å²) < 4.78 is 17.5. The minimum absolute atomic E-state index is 0.185. The number of benzene rings is 2. The topological polar surface area (TPSA) is 57.1 Å². The maximum absolute atomic E-state index is 12.3. The summed E-state index contributed by atoms with van der Waals surface area (Å²) in [6.45, 7) is 7.98. The number of rotatable bonds is 6. The Morgan fingerprint density at radius 1 is 1.34 bits per heavy atom. The second kappa shape index (κ2) is 9.00. The number of hydrogen-bond acceptors (Lipinski definition) is 5. The molecule has 0 amide bonds. The van der Waals surface area contributed by atoms with E-state index in [4.69, 9.17) is 25.8 Å². The summed E-state index contributed by atoms with van der Waals surface area (Å²) in [6, 6.07) is 9.17. The third-order valence-electron chi connectivity index (χ3n) is 4.04. The van der Waals surface area contributed by atoms with Crippen LogP contribution in [0, 0.1) is 10.5 Å². The monoisotopic (exact) mass is 523 g/mol. The molecule has 5 nitrogen and oxygen atoms in total. The minimum atomic E-state index is -0.520. The molecule has 0 aromatic heterocycles. The Labute approximate surface area is 188 Å². The summed E-state index contributed by atoms with van der Waals surface area (Å²) in [5, 5.41) is 0.362. The van der Waals surface area contributed by atoms with E-state index >= 15 is 0 Å². The van der Waals surface area contributed by atoms with Crippen molar-refractivity contribution in [1.29, 1.82) is 0 Å². The molecule has 0 atom stereocenters. The summed E-state index contributed by atoms with van der Waals surface area (Å²) in [5.74, 6) is 0.635. The number of ether oxygens (including phenoxy) is 3. The molecule has 1 aliphatic rings. The highest BCUT2D eigenvalue weighted by Crippen LogP contribution is 2.37. The van der Waals surface area contributed by atoms with E-state index in [1.807, 2.05) is 32.0 Å². The zero-order valence-electron chi connectivity index (χ0n) is 16.2. The molecule has 29 heavy (non-hydrogen) atoms. The highest BCUT2D eigenvalue weighted by Gasteiger charge is 2.25. The zero-order valence-corrected chi connectivity index (χ0v) is 19.1. The second-order valence-electron chi connectivity index (χ2n) is 6.58. The van der Waals surface area contributed by atoms with Gasteiger partial charge in [-0.1, -0.05) is 18.2 Å². The molecule has 0 radical (unpaired) electrons. The first kappa shape index (κ1) is 21.4. The summed E-state index contributed by atoms with van der Waals surface area (Å²) >= 11 is 8.61. The van der Waals surface area contributed by atoms with Gasteiger partial charge in [-0.05, 0) is 89.5 Å². The number of esters is 1.